The van der Waals surface area contributed by atoms with Gasteiger partial charge in [0, 0.05) is 12.1 Å². The van der Waals surface area contributed by atoms with E-state index in [1.807, 2.05) is 50.2 Å². The van der Waals surface area contributed by atoms with Crippen molar-refractivity contribution in [1.29, 1.82) is 0 Å². The van der Waals surface area contributed by atoms with Gasteiger partial charge in [0.1, 0.15) is 11.5 Å². The molecule has 0 radical (unpaired) electrons. The molecule has 1 aliphatic heterocycles. The van der Waals surface area contributed by atoms with Gasteiger partial charge in [-0.05, 0) is 51.7 Å². The molecule has 2 aromatic carbocycles. The van der Waals surface area contributed by atoms with E-state index in [9.17, 15) is 14.7 Å². The van der Waals surface area contributed by atoms with Crippen LogP contribution in [0.1, 0.15) is 29.2 Å². The zero-order valence-corrected chi connectivity index (χ0v) is 17.9. The maximum Gasteiger partial charge on any atom is 0.295 e. The third kappa shape index (κ3) is 4.39. The Balaban J connectivity index is 2.07. The van der Waals surface area contributed by atoms with Crippen LogP contribution in [0.4, 0.5) is 0 Å². The van der Waals surface area contributed by atoms with Gasteiger partial charge in [-0.15, -0.1) is 0 Å². The first kappa shape index (κ1) is 21.6. The van der Waals surface area contributed by atoms with E-state index in [1.165, 1.54) is 0 Å². The average Bonchev–Trinajstić information content (AvgIpc) is 2.98. The molecule has 6 heteroatoms. The zero-order chi connectivity index (χ0) is 21.8. The lowest BCUT2D eigenvalue weighted by molar-refractivity contribution is -0.139. The number of carbonyl (C=O) groups excluding carboxylic acids is 2. The average molecular weight is 408 g/mol. The molecule has 1 amide bonds. The lowest BCUT2D eigenvalue weighted by atomic mass is 9.95. The van der Waals surface area contributed by atoms with Gasteiger partial charge in [0.2, 0.25) is 0 Å². The molecular weight excluding hydrogens is 380 g/mol. The highest BCUT2D eigenvalue weighted by molar-refractivity contribution is 6.46. The van der Waals surface area contributed by atoms with Crippen LogP contribution in [-0.2, 0) is 9.59 Å². The van der Waals surface area contributed by atoms with Gasteiger partial charge >= 0.3 is 0 Å². The zero-order valence-electron chi connectivity index (χ0n) is 17.9. The fourth-order valence-corrected chi connectivity index (χ4v) is 3.67. The number of nitrogens with zero attached hydrogens (tertiary/aromatic N) is 2. The molecule has 0 aromatic heterocycles. The molecule has 1 atom stereocenters. The molecular formula is C24H28N2O4. The number of rotatable bonds is 7. The van der Waals surface area contributed by atoms with Crippen LogP contribution in [0.5, 0.6) is 5.75 Å². The summed E-state index contributed by atoms with van der Waals surface area (Å²) in [4.78, 5) is 29.4. The number of ketones is 1. The smallest absolute Gasteiger partial charge is 0.295 e. The number of methoxy groups -OCH3 is 1. The molecule has 1 heterocycles. The number of hydrogen-bond acceptors (Lipinski definition) is 5. The second kappa shape index (κ2) is 9.13. The van der Waals surface area contributed by atoms with E-state index in [2.05, 4.69) is 0 Å². The fraction of sp³-hybridized carbons (Fsp3) is 0.333. The van der Waals surface area contributed by atoms with Gasteiger partial charge in [0.15, 0.2) is 0 Å². The van der Waals surface area contributed by atoms with E-state index >= 15 is 0 Å². The number of aliphatic hydroxyl groups is 1. The highest BCUT2D eigenvalue weighted by Crippen LogP contribution is 2.39. The van der Waals surface area contributed by atoms with Crippen molar-refractivity contribution in [2.24, 2.45) is 0 Å². The number of ether oxygens (including phenoxy) is 1. The molecule has 3 rings (SSSR count). The lowest BCUT2D eigenvalue weighted by Crippen LogP contribution is -2.32. The Morgan fingerprint density at radius 2 is 1.70 bits per heavy atom. The van der Waals surface area contributed by atoms with Crippen LogP contribution >= 0.6 is 0 Å². The fourth-order valence-electron chi connectivity index (χ4n) is 3.67. The Bertz CT molecular complexity index is 946. The summed E-state index contributed by atoms with van der Waals surface area (Å²) in [5.74, 6) is -0.701. The van der Waals surface area contributed by atoms with Crippen molar-refractivity contribution in [2.45, 2.75) is 19.4 Å². The van der Waals surface area contributed by atoms with Crippen molar-refractivity contribution >= 4 is 17.4 Å². The quantitative estimate of drug-likeness (QED) is 0.432. The standard InChI is InChI=1S/C24H28N2O4/c1-16-6-8-18(9-7-16)22(27)20-21(17-10-12-19(30-4)13-11-17)26(24(29)23(20)28)15-5-14-25(2)3/h6-13,21,27H,5,14-15H2,1-4H3/b22-20-. The first-order chi connectivity index (χ1) is 14.3. The third-order valence-electron chi connectivity index (χ3n) is 5.30. The molecule has 0 bridgehead atoms. The minimum atomic E-state index is -0.654. The van der Waals surface area contributed by atoms with Crippen LogP contribution in [0.25, 0.3) is 5.76 Å². The van der Waals surface area contributed by atoms with Crippen LogP contribution in [0.3, 0.4) is 0 Å². The largest absolute Gasteiger partial charge is 0.507 e. The van der Waals surface area contributed by atoms with Gasteiger partial charge < -0.3 is 19.6 Å². The molecule has 158 valence electrons. The number of amides is 1. The number of hydrogen-bond donors (Lipinski definition) is 1. The maximum atomic E-state index is 13.0. The Morgan fingerprint density at radius 3 is 2.27 bits per heavy atom. The highest BCUT2D eigenvalue weighted by atomic mass is 16.5. The van der Waals surface area contributed by atoms with Crippen LogP contribution < -0.4 is 4.74 Å². The number of aliphatic hydroxyl groups excluding tert-OH is 1. The van der Waals surface area contributed by atoms with Gasteiger partial charge in [0.25, 0.3) is 11.7 Å². The molecule has 1 aliphatic rings. The Kier molecular flexibility index (Phi) is 6.57. The summed E-state index contributed by atoms with van der Waals surface area (Å²) in [5.41, 5.74) is 2.44. The molecule has 1 fully saturated rings. The first-order valence-corrected chi connectivity index (χ1v) is 9.97. The molecule has 0 saturated carbocycles. The number of Topliss-reactive ketones (excluding diaryl/α,β-unsaturated/α-hetero) is 1. The molecule has 0 aliphatic carbocycles. The Morgan fingerprint density at radius 1 is 1.07 bits per heavy atom. The summed E-state index contributed by atoms with van der Waals surface area (Å²) in [6.07, 6.45) is 0.719. The van der Waals surface area contributed by atoms with E-state index in [1.54, 1.807) is 36.3 Å². The minimum Gasteiger partial charge on any atom is -0.507 e. The number of likely N-dealkylation sites (tertiary alicyclic amines) is 1. The maximum absolute atomic E-state index is 13.0. The molecule has 1 saturated heterocycles. The molecule has 2 aromatic rings. The Hall–Kier alpha value is -3.12. The number of aryl methyl sites for hydroxylation is 1. The first-order valence-electron chi connectivity index (χ1n) is 9.97. The van der Waals surface area contributed by atoms with Crippen molar-refractivity contribution in [1.82, 2.24) is 9.80 Å². The molecule has 0 spiro atoms. The van der Waals surface area contributed by atoms with Gasteiger partial charge in [-0.1, -0.05) is 42.0 Å². The van der Waals surface area contributed by atoms with Crippen LogP contribution in [0.15, 0.2) is 54.1 Å². The van der Waals surface area contributed by atoms with Crippen molar-refractivity contribution in [3.8, 4) is 5.75 Å². The minimum absolute atomic E-state index is 0.124. The summed E-state index contributed by atoms with van der Waals surface area (Å²) < 4.78 is 5.23. The summed E-state index contributed by atoms with van der Waals surface area (Å²) >= 11 is 0. The summed E-state index contributed by atoms with van der Waals surface area (Å²) in [6, 6.07) is 13.9. The van der Waals surface area contributed by atoms with Crippen LogP contribution in [-0.4, -0.2) is 60.9 Å². The van der Waals surface area contributed by atoms with E-state index in [-0.39, 0.29) is 11.3 Å². The van der Waals surface area contributed by atoms with Crippen molar-refractivity contribution in [3.05, 3.63) is 70.8 Å². The number of benzene rings is 2. The van der Waals surface area contributed by atoms with Crippen molar-refractivity contribution in [2.75, 3.05) is 34.3 Å². The van der Waals surface area contributed by atoms with Crippen LogP contribution in [0.2, 0.25) is 0 Å². The predicted molar refractivity (Wildman–Crippen MR) is 116 cm³/mol. The highest BCUT2D eigenvalue weighted by Gasteiger charge is 2.45. The van der Waals surface area contributed by atoms with Crippen LogP contribution in [0, 0.1) is 6.92 Å². The Labute approximate surface area is 177 Å². The predicted octanol–water partition coefficient (Wildman–Crippen LogP) is 3.38. The third-order valence-corrected chi connectivity index (χ3v) is 5.30. The topological polar surface area (TPSA) is 70.1 Å². The van der Waals surface area contributed by atoms with Gasteiger partial charge in [-0.25, -0.2) is 0 Å². The molecule has 6 nitrogen and oxygen atoms in total. The monoisotopic (exact) mass is 408 g/mol. The lowest BCUT2D eigenvalue weighted by Gasteiger charge is -2.26. The van der Waals surface area contributed by atoms with E-state index in [0.717, 1.165) is 24.1 Å². The number of carbonyl (C=O) groups is 2. The van der Waals surface area contributed by atoms with Crippen molar-refractivity contribution in [3.63, 3.8) is 0 Å². The molecule has 30 heavy (non-hydrogen) atoms. The second-order valence-corrected chi connectivity index (χ2v) is 7.79. The van der Waals surface area contributed by atoms with Gasteiger partial charge in [-0.3, -0.25) is 9.59 Å². The normalized spacial score (nSPS) is 18.3. The van der Waals surface area contributed by atoms with Gasteiger partial charge in [-0.2, -0.15) is 0 Å². The second-order valence-electron chi connectivity index (χ2n) is 7.79. The summed E-state index contributed by atoms with van der Waals surface area (Å²) in [7, 11) is 5.51. The molecule has 1 unspecified atom stereocenters. The van der Waals surface area contributed by atoms with E-state index in [0.29, 0.717) is 17.9 Å². The van der Waals surface area contributed by atoms with E-state index in [4.69, 9.17) is 4.74 Å². The van der Waals surface area contributed by atoms with E-state index < -0.39 is 17.7 Å². The molecule has 1 N–H and O–H groups in total. The SMILES string of the molecule is COc1ccc(C2/C(=C(/O)c3ccc(C)cc3)C(=O)C(=O)N2CCCN(C)C)cc1. The van der Waals surface area contributed by atoms with Crippen molar-refractivity contribution < 1.29 is 19.4 Å². The van der Waals surface area contributed by atoms with Gasteiger partial charge in [0.05, 0.1) is 18.7 Å². The summed E-state index contributed by atoms with van der Waals surface area (Å²) in [6.45, 7) is 3.16. The summed E-state index contributed by atoms with van der Waals surface area (Å²) in [5, 5.41) is 11.0.